The van der Waals surface area contributed by atoms with E-state index < -0.39 is 5.91 Å². The second kappa shape index (κ2) is 8.05. The van der Waals surface area contributed by atoms with Crippen LogP contribution in [0.25, 0.3) is 11.3 Å². The molecule has 0 spiro atoms. The van der Waals surface area contributed by atoms with Crippen LogP contribution in [0.5, 0.6) is 17.2 Å². The van der Waals surface area contributed by atoms with Gasteiger partial charge in [-0.05, 0) is 54.1 Å². The molecule has 3 aromatic rings. The number of nitrogens with one attached hydrogen (secondary N) is 2. The summed E-state index contributed by atoms with van der Waals surface area (Å²) in [7, 11) is 3.13. The highest BCUT2D eigenvalue weighted by molar-refractivity contribution is 5.94. The zero-order chi connectivity index (χ0) is 19.2. The predicted octanol–water partition coefficient (Wildman–Crippen LogP) is 2.56. The molecule has 0 unspecified atom stereocenters. The van der Waals surface area contributed by atoms with Crippen LogP contribution in [0.3, 0.4) is 0 Å². The molecule has 1 heterocycles. The number of hydrazone groups is 1. The van der Waals surface area contributed by atoms with Crippen molar-refractivity contribution in [3.05, 3.63) is 59.8 Å². The molecule has 1 aromatic heterocycles. The average Bonchev–Trinajstić information content (AvgIpc) is 3.19. The van der Waals surface area contributed by atoms with E-state index >= 15 is 0 Å². The van der Waals surface area contributed by atoms with Crippen LogP contribution in [0.2, 0.25) is 0 Å². The van der Waals surface area contributed by atoms with Crippen molar-refractivity contribution < 1.29 is 19.4 Å². The van der Waals surface area contributed by atoms with Crippen molar-refractivity contribution in [2.24, 2.45) is 5.10 Å². The van der Waals surface area contributed by atoms with Gasteiger partial charge in [-0.3, -0.25) is 9.89 Å². The summed E-state index contributed by atoms with van der Waals surface area (Å²) >= 11 is 0. The molecular weight excluding hydrogens is 348 g/mol. The first-order valence-corrected chi connectivity index (χ1v) is 8.01. The zero-order valence-corrected chi connectivity index (χ0v) is 14.8. The van der Waals surface area contributed by atoms with Gasteiger partial charge in [-0.25, -0.2) is 5.43 Å². The maximum atomic E-state index is 12.2. The number of benzene rings is 2. The van der Waals surface area contributed by atoms with E-state index in [0.29, 0.717) is 22.8 Å². The number of nitrogens with zero attached hydrogens (tertiary/aromatic N) is 2. The lowest BCUT2D eigenvalue weighted by molar-refractivity contribution is 0.0950. The Morgan fingerprint density at radius 3 is 2.63 bits per heavy atom. The zero-order valence-electron chi connectivity index (χ0n) is 14.8. The predicted molar refractivity (Wildman–Crippen MR) is 100 cm³/mol. The van der Waals surface area contributed by atoms with Crippen molar-refractivity contribution in [2.75, 3.05) is 14.2 Å². The molecule has 3 rings (SSSR count). The second-order valence-electron chi connectivity index (χ2n) is 5.52. The Labute approximate surface area is 155 Å². The summed E-state index contributed by atoms with van der Waals surface area (Å²) in [5, 5.41) is 20.0. The van der Waals surface area contributed by atoms with Gasteiger partial charge >= 0.3 is 0 Å². The van der Waals surface area contributed by atoms with Crippen molar-refractivity contribution in [1.29, 1.82) is 0 Å². The number of aromatic nitrogens is 2. The van der Waals surface area contributed by atoms with E-state index in [-0.39, 0.29) is 11.4 Å². The van der Waals surface area contributed by atoms with Crippen LogP contribution >= 0.6 is 0 Å². The number of aromatic amines is 1. The highest BCUT2D eigenvalue weighted by Crippen LogP contribution is 2.32. The van der Waals surface area contributed by atoms with Crippen LogP contribution in [0.1, 0.15) is 16.1 Å². The van der Waals surface area contributed by atoms with E-state index in [1.807, 2.05) is 0 Å². The topological polar surface area (TPSA) is 109 Å². The smallest absolute Gasteiger partial charge is 0.289 e. The number of ether oxygens (including phenoxy) is 2. The lowest BCUT2D eigenvalue weighted by Crippen LogP contribution is -2.17. The number of hydrogen-bond acceptors (Lipinski definition) is 6. The number of amides is 1. The normalized spacial score (nSPS) is 10.7. The molecule has 0 saturated carbocycles. The number of carbonyl (C=O) groups excluding carboxylic acids is 1. The molecule has 0 saturated heterocycles. The van der Waals surface area contributed by atoms with Crippen molar-refractivity contribution in [3.8, 4) is 28.5 Å². The van der Waals surface area contributed by atoms with Crippen molar-refractivity contribution in [2.45, 2.75) is 0 Å². The lowest BCUT2D eigenvalue weighted by Gasteiger charge is -2.08. The minimum absolute atomic E-state index is 0.161. The number of H-pyrrole nitrogens is 1. The number of phenolic OH excluding ortho intramolecular Hbond substituents is 1. The van der Waals surface area contributed by atoms with Gasteiger partial charge in [-0.15, -0.1) is 0 Å². The molecule has 138 valence electrons. The summed E-state index contributed by atoms with van der Waals surface area (Å²) in [4.78, 5) is 12.2. The standard InChI is InChI=1S/C19H18N4O4/c1-26-14-7-8-18(27-2)15(9-14)16-10-17(22-21-16)19(25)23-20-11-12-3-5-13(24)6-4-12/h3-11,24H,1-2H3,(H,21,22)(H,23,25). The molecule has 27 heavy (non-hydrogen) atoms. The van der Waals surface area contributed by atoms with Crippen molar-refractivity contribution >= 4 is 12.1 Å². The van der Waals surface area contributed by atoms with Gasteiger partial charge in [0.25, 0.3) is 5.91 Å². The molecule has 0 aliphatic carbocycles. The fraction of sp³-hybridized carbons (Fsp3) is 0.105. The van der Waals surface area contributed by atoms with E-state index in [2.05, 4.69) is 20.7 Å². The third kappa shape index (κ3) is 4.24. The highest BCUT2D eigenvalue weighted by Gasteiger charge is 2.14. The van der Waals surface area contributed by atoms with Crippen LogP contribution in [0, 0.1) is 0 Å². The number of carbonyl (C=O) groups is 1. The van der Waals surface area contributed by atoms with Crippen LogP contribution in [0.4, 0.5) is 0 Å². The number of aromatic hydroxyl groups is 1. The summed E-state index contributed by atoms with van der Waals surface area (Å²) in [6.45, 7) is 0. The molecule has 0 atom stereocenters. The van der Waals surface area contributed by atoms with Crippen LogP contribution in [-0.2, 0) is 0 Å². The monoisotopic (exact) mass is 366 g/mol. The minimum Gasteiger partial charge on any atom is -0.508 e. The van der Waals surface area contributed by atoms with Gasteiger partial charge in [0.2, 0.25) is 0 Å². The summed E-state index contributed by atoms with van der Waals surface area (Å²) in [6, 6.07) is 13.3. The van der Waals surface area contributed by atoms with Crippen LogP contribution < -0.4 is 14.9 Å². The quantitative estimate of drug-likeness (QED) is 0.459. The fourth-order valence-electron chi connectivity index (χ4n) is 2.38. The lowest BCUT2D eigenvalue weighted by atomic mass is 10.1. The van der Waals surface area contributed by atoms with Gasteiger partial charge in [0.1, 0.15) is 22.9 Å². The Balaban J connectivity index is 1.73. The van der Waals surface area contributed by atoms with Crippen LogP contribution in [0.15, 0.2) is 53.6 Å². The van der Waals surface area contributed by atoms with Gasteiger partial charge < -0.3 is 14.6 Å². The maximum absolute atomic E-state index is 12.2. The Kier molecular flexibility index (Phi) is 5.36. The Morgan fingerprint density at radius 2 is 1.93 bits per heavy atom. The van der Waals surface area contributed by atoms with E-state index in [1.54, 1.807) is 50.6 Å². The highest BCUT2D eigenvalue weighted by atomic mass is 16.5. The van der Waals surface area contributed by atoms with Crippen LogP contribution in [-0.4, -0.2) is 41.6 Å². The first kappa shape index (κ1) is 18.0. The average molecular weight is 366 g/mol. The van der Waals surface area contributed by atoms with Gasteiger partial charge in [-0.1, -0.05) is 0 Å². The van der Waals surface area contributed by atoms with Crippen molar-refractivity contribution in [3.63, 3.8) is 0 Å². The molecule has 0 fully saturated rings. The SMILES string of the molecule is COc1ccc(OC)c(-c2cc(C(=O)NN=Cc3ccc(O)cc3)[nH]n2)c1. The molecule has 1 amide bonds. The third-order valence-corrected chi connectivity index (χ3v) is 3.78. The van der Waals surface area contributed by atoms with Crippen molar-refractivity contribution in [1.82, 2.24) is 15.6 Å². The van der Waals surface area contributed by atoms with Gasteiger partial charge in [-0.2, -0.15) is 10.2 Å². The number of hydrogen-bond donors (Lipinski definition) is 3. The summed E-state index contributed by atoms with van der Waals surface area (Å²) in [5.41, 5.74) is 4.64. The third-order valence-electron chi connectivity index (χ3n) is 3.78. The maximum Gasteiger partial charge on any atom is 0.289 e. The largest absolute Gasteiger partial charge is 0.508 e. The van der Waals surface area contributed by atoms with Gasteiger partial charge in [0, 0.05) is 5.56 Å². The van der Waals surface area contributed by atoms with E-state index in [4.69, 9.17) is 9.47 Å². The van der Waals surface area contributed by atoms with E-state index in [9.17, 15) is 9.90 Å². The Bertz CT molecular complexity index is 964. The summed E-state index contributed by atoms with van der Waals surface area (Å²) in [6.07, 6.45) is 1.47. The molecule has 3 N–H and O–H groups in total. The summed E-state index contributed by atoms with van der Waals surface area (Å²) in [5.74, 6) is 0.984. The molecule has 2 aromatic carbocycles. The van der Waals surface area contributed by atoms with Gasteiger partial charge in [0.05, 0.1) is 26.1 Å². The number of methoxy groups -OCH3 is 2. The number of rotatable bonds is 6. The fourth-order valence-corrected chi connectivity index (χ4v) is 2.38. The first-order chi connectivity index (χ1) is 13.1. The molecule has 0 aliphatic heterocycles. The molecule has 8 heteroatoms. The van der Waals surface area contributed by atoms with E-state index in [1.165, 1.54) is 18.3 Å². The number of phenols is 1. The molecular formula is C19H18N4O4. The molecule has 0 aliphatic rings. The molecule has 8 nitrogen and oxygen atoms in total. The molecule has 0 radical (unpaired) electrons. The minimum atomic E-state index is -0.439. The molecule has 0 bridgehead atoms. The Hall–Kier alpha value is -3.81. The Morgan fingerprint density at radius 1 is 1.15 bits per heavy atom. The van der Waals surface area contributed by atoms with E-state index in [0.717, 1.165) is 5.56 Å². The second-order valence-corrected chi connectivity index (χ2v) is 5.52. The van der Waals surface area contributed by atoms with Gasteiger partial charge in [0.15, 0.2) is 0 Å². The first-order valence-electron chi connectivity index (χ1n) is 8.01. The summed E-state index contributed by atoms with van der Waals surface area (Å²) < 4.78 is 10.6.